The monoisotopic (exact) mass is 309 g/mol. The van der Waals surface area contributed by atoms with Crippen LogP contribution >= 0.6 is 69.6 Å². The summed E-state index contributed by atoms with van der Waals surface area (Å²) < 4.78 is -4.03. The van der Waals surface area contributed by atoms with Crippen LogP contribution in [-0.4, -0.2) is 30.3 Å². The Balaban J connectivity index is 4.15. The topological polar surface area (TPSA) is 52.5 Å². The van der Waals surface area contributed by atoms with E-state index in [4.69, 9.17) is 79.8 Å². The van der Waals surface area contributed by atoms with Gasteiger partial charge in [0.25, 0.3) is 0 Å². The van der Waals surface area contributed by atoms with E-state index in [1.165, 1.54) is 0 Å². The third-order valence-electron chi connectivity index (χ3n) is 0.936. The normalized spacial score (nSPS) is 18.5. The van der Waals surface area contributed by atoms with Crippen LogP contribution in [0, 0.1) is 0 Å². The predicted octanol–water partition coefficient (Wildman–Crippen LogP) is 1.95. The molecule has 0 bridgehead atoms. The van der Waals surface area contributed by atoms with Crippen molar-refractivity contribution >= 4 is 69.6 Å². The van der Waals surface area contributed by atoms with Crippen molar-refractivity contribution in [1.82, 2.24) is 5.32 Å². The van der Waals surface area contributed by atoms with Crippen molar-refractivity contribution in [3.05, 3.63) is 0 Å². The Bertz CT molecular complexity index is 147. The van der Waals surface area contributed by atoms with Gasteiger partial charge in [0, 0.05) is 0 Å². The summed E-state index contributed by atoms with van der Waals surface area (Å²) in [5, 5.41) is 20.1. The van der Waals surface area contributed by atoms with E-state index in [-0.39, 0.29) is 0 Å². The molecule has 0 aliphatic heterocycles. The van der Waals surface area contributed by atoms with Gasteiger partial charge in [0.1, 0.15) is 0 Å². The SMILES string of the molecule is OC(NC(O)C(Cl)(Cl)Cl)C(Cl)(Cl)Cl. The van der Waals surface area contributed by atoms with Gasteiger partial charge in [-0.25, -0.2) is 0 Å². The average molecular weight is 312 g/mol. The van der Waals surface area contributed by atoms with Crippen LogP contribution in [0.25, 0.3) is 0 Å². The number of alkyl halides is 6. The molecule has 0 spiro atoms. The smallest absolute Gasteiger partial charge is 0.229 e. The molecule has 0 heterocycles. The molecule has 3 N–H and O–H groups in total. The Hall–Kier alpha value is 1.62. The lowest BCUT2D eigenvalue weighted by atomic mass is 10.5. The second kappa shape index (κ2) is 5.10. The molecule has 9 heteroatoms. The number of halogens is 6. The molecular weight excluding hydrogens is 307 g/mol. The van der Waals surface area contributed by atoms with E-state index in [9.17, 15) is 0 Å². The molecule has 0 aliphatic carbocycles. The highest BCUT2D eigenvalue weighted by Gasteiger charge is 2.38. The first-order valence-electron chi connectivity index (χ1n) is 2.80. The van der Waals surface area contributed by atoms with E-state index in [2.05, 4.69) is 0 Å². The molecular formula is C4H5Cl6NO2. The zero-order valence-corrected chi connectivity index (χ0v) is 10.4. The van der Waals surface area contributed by atoms with Crippen LogP contribution < -0.4 is 5.32 Å². The minimum atomic E-state index is -2.02. The third kappa shape index (κ3) is 5.92. The van der Waals surface area contributed by atoms with Gasteiger partial charge >= 0.3 is 0 Å². The summed E-state index contributed by atoms with van der Waals surface area (Å²) in [6.45, 7) is 0. The van der Waals surface area contributed by atoms with Crippen LogP contribution in [0.1, 0.15) is 0 Å². The van der Waals surface area contributed by atoms with E-state index in [1.807, 2.05) is 5.32 Å². The van der Waals surface area contributed by atoms with Crippen molar-refractivity contribution in [3.8, 4) is 0 Å². The highest BCUT2D eigenvalue weighted by Crippen LogP contribution is 2.32. The molecule has 0 radical (unpaired) electrons. The molecule has 3 nitrogen and oxygen atoms in total. The van der Waals surface area contributed by atoms with Crippen molar-refractivity contribution in [2.24, 2.45) is 0 Å². The van der Waals surface area contributed by atoms with Gasteiger partial charge in [0.15, 0.2) is 12.5 Å². The summed E-state index contributed by atoms with van der Waals surface area (Å²) in [5.41, 5.74) is 0. The predicted molar refractivity (Wildman–Crippen MR) is 55.7 cm³/mol. The second-order valence-electron chi connectivity index (χ2n) is 2.05. The Morgan fingerprint density at radius 3 is 1.15 bits per heavy atom. The highest BCUT2D eigenvalue weighted by molar-refractivity contribution is 6.68. The van der Waals surface area contributed by atoms with Crippen molar-refractivity contribution < 1.29 is 10.2 Å². The first-order chi connectivity index (χ1) is 5.55. The van der Waals surface area contributed by atoms with Crippen LogP contribution in [-0.2, 0) is 0 Å². The molecule has 0 aliphatic rings. The number of aliphatic hydroxyl groups excluding tert-OH is 2. The summed E-state index contributed by atoms with van der Waals surface area (Å²) >= 11 is 31.5. The van der Waals surface area contributed by atoms with Crippen LogP contribution in [0.5, 0.6) is 0 Å². The van der Waals surface area contributed by atoms with Crippen LogP contribution in [0.3, 0.4) is 0 Å². The molecule has 0 amide bonds. The molecule has 13 heavy (non-hydrogen) atoms. The van der Waals surface area contributed by atoms with Gasteiger partial charge < -0.3 is 10.2 Å². The molecule has 0 aromatic heterocycles. The number of nitrogens with one attached hydrogen (secondary N) is 1. The van der Waals surface area contributed by atoms with E-state index >= 15 is 0 Å². The molecule has 0 fully saturated rings. The first kappa shape index (κ1) is 14.6. The molecule has 0 rings (SSSR count). The zero-order chi connectivity index (χ0) is 10.9. The maximum absolute atomic E-state index is 9.08. The number of hydrogen-bond acceptors (Lipinski definition) is 3. The average Bonchev–Trinajstić information content (AvgIpc) is 1.82. The molecule has 0 saturated heterocycles. The highest BCUT2D eigenvalue weighted by atomic mass is 35.6. The summed E-state index contributed by atoms with van der Waals surface area (Å²) in [6, 6.07) is 0. The summed E-state index contributed by atoms with van der Waals surface area (Å²) in [4.78, 5) is 0. The summed E-state index contributed by atoms with van der Waals surface area (Å²) in [7, 11) is 0. The Labute approximate surface area is 105 Å². The van der Waals surface area contributed by atoms with Crippen LogP contribution in [0.4, 0.5) is 0 Å². The molecule has 0 aromatic carbocycles. The summed E-state index contributed by atoms with van der Waals surface area (Å²) in [5.74, 6) is 0. The number of aliphatic hydroxyl groups is 2. The lowest BCUT2D eigenvalue weighted by Gasteiger charge is -2.26. The van der Waals surface area contributed by atoms with E-state index < -0.39 is 20.0 Å². The molecule has 2 unspecified atom stereocenters. The van der Waals surface area contributed by atoms with Gasteiger partial charge in [-0.05, 0) is 0 Å². The van der Waals surface area contributed by atoms with Gasteiger partial charge in [0.05, 0.1) is 0 Å². The maximum Gasteiger partial charge on any atom is 0.229 e. The zero-order valence-electron chi connectivity index (χ0n) is 5.82. The van der Waals surface area contributed by atoms with E-state index in [0.717, 1.165) is 0 Å². The van der Waals surface area contributed by atoms with Crippen LogP contribution in [0.2, 0.25) is 0 Å². The van der Waals surface area contributed by atoms with Crippen LogP contribution in [0.15, 0.2) is 0 Å². The van der Waals surface area contributed by atoms with Crippen molar-refractivity contribution in [2.75, 3.05) is 0 Å². The van der Waals surface area contributed by atoms with Gasteiger partial charge in [0.2, 0.25) is 7.59 Å². The fourth-order valence-electron chi connectivity index (χ4n) is 0.339. The summed E-state index contributed by atoms with van der Waals surface area (Å²) in [6.07, 6.45) is -3.30. The molecule has 0 aromatic rings. The molecule has 2 atom stereocenters. The largest absolute Gasteiger partial charge is 0.374 e. The fraction of sp³-hybridized carbons (Fsp3) is 1.00. The molecule has 0 saturated carbocycles. The third-order valence-corrected chi connectivity index (χ3v) is 2.18. The maximum atomic E-state index is 9.08. The van der Waals surface area contributed by atoms with Gasteiger partial charge in [-0.1, -0.05) is 69.6 Å². The van der Waals surface area contributed by atoms with Gasteiger partial charge in [-0.2, -0.15) is 0 Å². The van der Waals surface area contributed by atoms with E-state index in [0.29, 0.717) is 0 Å². The van der Waals surface area contributed by atoms with Gasteiger partial charge in [-0.15, -0.1) is 0 Å². The van der Waals surface area contributed by atoms with Gasteiger partial charge in [-0.3, -0.25) is 5.32 Å². The number of rotatable bonds is 2. The Morgan fingerprint density at radius 2 is 1.00 bits per heavy atom. The Morgan fingerprint density at radius 1 is 0.769 bits per heavy atom. The van der Waals surface area contributed by atoms with Crippen molar-refractivity contribution in [2.45, 2.75) is 20.0 Å². The first-order valence-corrected chi connectivity index (χ1v) is 5.07. The lowest BCUT2D eigenvalue weighted by molar-refractivity contribution is 0.0466. The molecule has 80 valence electrons. The Kier molecular flexibility index (Phi) is 5.74. The standard InChI is InChI=1S/C4H5Cl6NO2/c5-3(6,7)1(12)11-2(13)4(8,9)10/h1-2,11-13H. The van der Waals surface area contributed by atoms with E-state index in [1.54, 1.807) is 0 Å². The second-order valence-corrected chi connectivity index (χ2v) is 6.79. The van der Waals surface area contributed by atoms with Crippen molar-refractivity contribution in [1.29, 1.82) is 0 Å². The minimum Gasteiger partial charge on any atom is -0.374 e. The lowest BCUT2D eigenvalue weighted by Crippen LogP contribution is -2.50. The fourth-order valence-corrected chi connectivity index (χ4v) is 0.716. The number of hydrogen-bond donors (Lipinski definition) is 3. The van der Waals surface area contributed by atoms with Crippen molar-refractivity contribution in [3.63, 3.8) is 0 Å². The minimum absolute atomic E-state index is 1.65. The quantitative estimate of drug-likeness (QED) is 0.540.